The van der Waals surface area contributed by atoms with Crippen molar-refractivity contribution in [3.8, 4) is 0 Å². The molecule has 4 nitrogen and oxygen atoms in total. The average Bonchev–Trinajstić information content (AvgIpc) is 3.30. The summed E-state index contributed by atoms with van der Waals surface area (Å²) in [5.41, 5.74) is 5.42. The normalized spacial score (nSPS) is 42.0. The Balaban J connectivity index is 0.00000156. The molecule has 5 rings (SSSR count). The number of nitrogens with two attached hydrogens (primary N) is 1. The van der Waals surface area contributed by atoms with Gasteiger partial charge in [0.15, 0.2) is 0 Å². The molecule has 0 saturated heterocycles. The van der Waals surface area contributed by atoms with Crippen molar-refractivity contribution in [3.05, 3.63) is 0 Å². The fourth-order valence-electron chi connectivity index (χ4n) is 6.11. The summed E-state index contributed by atoms with van der Waals surface area (Å²) in [6.07, 6.45) is 8.00. The first-order valence-corrected chi connectivity index (χ1v) is 8.84. The van der Waals surface area contributed by atoms with Gasteiger partial charge < -0.3 is 10.5 Å². The van der Waals surface area contributed by atoms with E-state index in [0.29, 0.717) is 42.4 Å². The molecule has 4 bridgehead atoms. The first kappa shape index (κ1) is 17.2. The molecule has 0 radical (unpaired) electrons. The standard InChI is InChI=1S/C18H27NO3.ClH/c1-22-16(21)18-7-11-4-12(8-18)14(13(5-11)9-18)6-15(20)17(10-19)2-3-17;/h11-14H,2-10,19H2,1H3;1H. The minimum atomic E-state index is -0.226. The van der Waals surface area contributed by atoms with Crippen LogP contribution in [-0.2, 0) is 14.3 Å². The van der Waals surface area contributed by atoms with Gasteiger partial charge in [0.1, 0.15) is 5.78 Å². The number of rotatable bonds is 5. The third-order valence-corrected chi connectivity index (χ3v) is 7.34. The van der Waals surface area contributed by atoms with E-state index in [-0.39, 0.29) is 29.2 Å². The lowest BCUT2D eigenvalue weighted by molar-refractivity contribution is -0.175. The van der Waals surface area contributed by atoms with Gasteiger partial charge in [0, 0.05) is 18.4 Å². The summed E-state index contributed by atoms with van der Waals surface area (Å²) in [6.45, 7) is 0.516. The Kier molecular flexibility index (Phi) is 4.29. The fraction of sp³-hybridized carbons (Fsp3) is 0.889. The highest BCUT2D eigenvalue weighted by Gasteiger charge is 2.60. The van der Waals surface area contributed by atoms with Gasteiger partial charge in [0.05, 0.1) is 12.5 Å². The zero-order valence-corrected chi connectivity index (χ0v) is 14.7. The van der Waals surface area contributed by atoms with E-state index in [0.717, 1.165) is 32.1 Å². The van der Waals surface area contributed by atoms with Crippen molar-refractivity contribution in [3.63, 3.8) is 0 Å². The number of esters is 1. The van der Waals surface area contributed by atoms with Crippen LogP contribution in [0, 0.1) is 34.5 Å². The molecule has 5 heteroatoms. The zero-order valence-electron chi connectivity index (χ0n) is 13.9. The maximum absolute atomic E-state index is 12.6. The van der Waals surface area contributed by atoms with E-state index in [4.69, 9.17) is 10.5 Å². The molecule has 5 fully saturated rings. The quantitative estimate of drug-likeness (QED) is 0.780. The Morgan fingerprint density at radius 1 is 1.13 bits per heavy atom. The van der Waals surface area contributed by atoms with Crippen LogP contribution in [0.15, 0.2) is 0 Å². The summed E-state index contributed by atoms with van der Waals surface area (Å²) in [4.78, 5) is 25.0. The topological polar surface area (TPSA) is 69.4 Å². The molecule has 0 aliphatic heterocycles. The van der Waals surface area contributed by atoms with Crippen LogP contribution in [-0.4, -0.2) is 25.4 Å². The van der Waals surface area contributed by atoms with Crippen molar-refractivity contribution < 1.29 is 14.3 Å². The molecule has 0 heterocycles. The predicted molar refractivity (Wildman–Crippen MR) is 89.1 cm³/mol. The molecule has 0 amide bonds. The minimum absolute atomic E-state index is 0. The van der Waals surface area contributed by atoms with Crippen LogP contribution >= 0.6 is 12.4 Å². The third kappa shape index (κ3) is 2.53. The second-order valence-electron chi connectivity index (χ2n) is 8.52. The first-order chi connectivity index (χ1) is 10.5. The van der Waals surface area contributed by atoms with Crippen LogP contribution in [0.2, 0.25) is 0 Å². The van der Waals surface area contributed by atoms with E-state index in [1.165, 1.54) is 20.0 Å². The van der Waals surface area contributed by atoms with Crippen LogP contribution in [0.4, 0.5) is 0 Å². The van der Waals surface area contributed by atoms with Gasteiger partial charge in [-0.3, -0.25) is 9.59 Å². The lowest BCUT2D eigenvalue weighted by Gasteiger charge is -2.58. The van der Waals surface area contributed by atoms with Crippen molar-refractivity contribution in [2.24, 2.45) is 40.2 Å². The summed E-state index contributed by atoms with van der Waals surface area (Å²) in [6, 6.07) is 0. The molecule has 5 aliphatic carbocycles. The summed E-state index contributed by atoms with van der Waals surface area (Å²) in [5.74, 6) is 2.65. The van der Waals surface area contributed by atoms with Crippen molar-refractivity contribution in [1.29, 1.82) is 0 Å². The van der Waals surface area contributed by atoms with Crippen molar-refractivity contribution in [2.45, 2.75) is 51.4 Å². The maximum Gasteiger partial charge on any atom is 0.311 e. The zero-order chi connectivity index (χ0) is 15.5. The molecule has 130 valence electrons. The molecule has 5 saturated carbocycles. The number of ether oxygens (including phenoxy) is 1. The summed E-state index contributed by atoms with van der Waals surface area (Å²) < 4.78 is 5.11. The van der Waals surface area contributed by atoms with Crippen molar-refractivity contribution >= 4 is 24.2 Å². The Hall–Kier alpha value is -0.610. The van der Waals surface area contributed by atoms with E-state index in [9.17, 15) is 9.59 Å². The predicted octanol–water partition coefficient (Wildman–Crippen LogP) is 2.72. The number of Topliss-reactive ketones (excluding diaryl/α,β-unsaturated/α-hetero) is 1. The molecule has 23 heavy (non-hydrogen) atoms. The number of methoxy groups -OCH3 is 1. The largest absolute Gasteiger partial charge is 0.469 e. The Morgan fingerprint density at radius 3 is 2.22 bits per heavy atom. The van der Waals surface area contributed by atoms with Gasteiger partial charge in [-0.25, -0.2) is 0 Å². The van der Waals surface area contributed by atoms with E-state index in [2.05, 4.69) is 0 Å². The second-order valence-corrected chi connectivity index (χ2v) is 8.52. The molecular weight excluding hydrogens is 314 g/mol. The summed E-state index contributed by atoms with van der Waals surface area (Å²) >= 11 is 0. The van der Waals surface area contributed by atoms with Gasteiger partial charge >= 0.3 is 5.97 Å². The minimum Gasteiger partial charge on any atom is -0.469 e. The smallest absolute Gasteiger partial charge is 0.311 e. The van der Waals surface area contributed by atoms with Gasteiger partial charge in [0.2, 0.25) is 0 Å². The highest BCUT2D eigenvalue weighted by Crippen LogP contribution is 2.63. The van der Waals surface area contributed by atoms with Gasteiger partial charge in [-0.15, -0.1) is 12.4 Å². The van der Waals surface area contributed by atoms with E-state index in [1.54, 1.807) is 0 Å². The lowest BCUT2D eigenvalue weighted by atomic mass is 9.45. The SMILES string of the molecule is COC(=O)C12CC3CC(C1)C(CC(=O)C1(CN)CC1)C(C3)C2.Cl. The molecule has 2 atom stereocenters. The summed E-state index contributed by atoms with van der Waals surface area (Å²) in [7, 11) is 1.51. The Morgan fingerprint density at radius 2 is 1.74 bits per heavy atom. The fourth-order valence-corrected chi connectivity index (χ4v) is 6.11. The Labute approximate surface area is 144 Å². The molecule has 2 N–H and O–H groups in total. The van der Waals surface area contributed by atoms with Gasteiger partial charge in [0.25, 0.3) is 0 Å². The maximum atomic E-state index is 12.6. The number of hydrogen-bond donors (Lipinski definition) is 1. The first-order valence-electron chi connectivity index (χ1n) is 8.84. The molecule has 5 aliphatic rings. The van der Waals surface area contributed by atoms with Gasteiger partial charge in [-0.1, -0.05) is 0 Å². The lowest BCUT2D eigenvalue weighted by Crippen LogP contribution is -2.54. The molecule has 0 aromatic carbocycles. The Bertz CT molecular complexity index is 500. The highest BCUT2D eigenvalue weighted by atomic mass is 35.5. The number of halogens is 1. The van der Waals surface area contributed by atoms with Crippen molar-refractivity contribution in [2.75, 3.05) is 13.7 Å². The third-order valence-electron chi connectivity index (χ3n) is 7.34. The van der Waals surface area contributed by atoms with E-state index in [1.807, 2.05) is 0 Å². The van der Waals surface area contributed by atoms with Crippen LogP contribution in [0.3, 0.4) is 0 Å². The molecule has 2 unspecified atom stereocenters. The van der Waals surface area contributed by atoms with E-state index < -0.39 is 0 Å². The van der Waals surface area contributed by atoms with Crippen LogP contribution in [0.5, 0.6) is 0 Å². The van der Waals surface area contributed by atoms with Crippen LogP contribution in [0.25, 0.3) is 0 Å². The monoisotopic (exact) mass is 341 g/mol. The number of carbonyl (C=O) groups is 2. The second kappa shape index (κ2) is 5.73. The number of hydrogen-bond acceptors (Lipinski definition) is 4. The number of ketones is 1. The van der Waals surface area contributed by atoms with Gasteiger partial charge in [-0.2, -0.15) is 0 Å². The van der Waals surface area contributed by atoms with Crippen molar-refractivity contribution in [1.82, 2.24) is 0 Å². The van der Waals surface area contributed by atoms with Crippen LogP contribution in [0.1, 0.15) is 51.4 Å². The molecule has 0 spiro atoms. The number of carbonyl (C=O) groups excluding carboxylic acids is 2. The molecule has 0 aromatic rings. The molecule has 0 aromatic heterocycles. The highest BCUT2D eigenvalue weighted by molar-refractivity contribution is 5.88. The van der Waals surface area contributed by atoms with Crippen LogP contribution < -0.4 is 5.73 Å². The van der Waals surface area contributed by atoms with E-state index >= 15 is 0 Å². The van der Waals surface area contributed by atoms with Gasteiger partial charge in [-0.05, 0) is 68.6 Å². The summed E-state index contributed by atoms with van der Waals surface area (Å²) in [5, 5.41) is 0. The average molecular weight is 342 g/mol. The molecular formula is C18H28ClNO3.